The smallest absolute Gasteiger partial charge is 0.254 e. The summed E-state index contributed by atoms with van der Waals surface area (Å²) in [7, 11) is 0. The number of nitrogens with zero attached hydrogens (tertiary/aromatic N) is 3. The first-order chi connectivity index (χ1) is 12.8. The first kappa shape index (κ1) is 17.8. The van der Waals surface area contributed by atoms with Gasteiger partial charge >= 0.3 is 0 Å². The van der Waals surface area contributed by atoms with Gasteiger partial charge < -0.3 is 4.90 Å². The number of aromatic nitrogens is 2. The number of amides is 2. The monoisotopic (exact) mass is 392 g/mol. The van der Waals surface area contributed by atoms with Crippen molar-refractivity contribution >= 4 is 29.4 Å². The molecule has 1 N–H and O–H groups in total. The number of halogens is 3. The van der Waals surface area contributed by atoms with Gasteiger partial charge in [-0.15, -0.1) is 0 Å². The Balaban J connectivity index is 1.58. The van der Waals surface area contributed by atoms with Crippen LogP contribution in [0.1, 0.15) is 27.9 Å². The van der Waals surface area contributed by atoms with Crippen LogP contribution in [0.25, 0.3) is 0 Å². The van der Waals surface area contributed by atoms with E-state index in [9.17, 15) is 18.4 Å². The van der Waals surface area contributed by atoms with Crippen LogP contribution in [-0.2, 0) is 10.2 Å². The minimum Gasteiger partial charge on any atom is -0.328 e. The number of hydrogen-bond acceptors (Lipinski definition) is 4. The topological polar surface area (TPSA) is 75.2 Å². The average Bonchev–Trinajstić information content (AvgIpc) is 3.26. The summed E-state index contributed by atoms with van der Waals surface area (Å²) in [5, 5.41) is 2.35. The largest absolute Gasteiger partial charge is 0.328 e. The molecule has 1 aliphatic carbocycles. The molecule has 2 heterocycles. The highest BCUT2D eigenvalue weighted by Gasteiger charge is 2.62. The number of carbonyl (C=O) groups is 2. The van der Waals surface area contributed by atoms with Crippen molar-refractivity contribution in [1.82, 2.24) is 14.9 Å². The molecule has 1 aromatic carbocycles. The molecule has 2 atom stereocenters. The SMILES string of the molecule is Cc1cnc(NC(=O)CN2C[C@]3(C[C@@H]3F)c3c(ccc(Cl)c3F)C2=O)nc1. The summed E-state index contributed by atoms with van der Waals surface area (Å²) in [6.45, 7) is 1.41. The molecule has 1 saturated carbocycles. The third-order valence-corrected chi connectivity index (χ3v) is 5.22. The molecule has 2 aliphatic rings. The molecule has 1 spiro atoms. The number of fused-ring (bicyclic) bond motifs is 2. The summed E-state index contributed by atoms with van der Waals surface area (Å²) in [5.74, 6) is -1.71. The lowest BCUT2D eigenvalue weighted by Gasteiger charge is -2.34. The van der Waals surface area contributed by atoms with Gasteiger partial charge in [-0.25, -0.2) is 18.7 Å². The zero-order valence-corrected chi connectivity index (χ0v) is 15.1. The molecule has 1 aliphatic heterocycles. The van der Waals surface area contributed by atoms with Crippen LogP contribution in [0.15, 0.2) is 24.5 Å². The van der Waals surface area contributed by atoms with E-state index in [4.69, 9.17) is 11.6 Å². The first-order valence-electron chi connectivity index (χ1n) is 8.32. The van der Waals surface area contributed by atoms with Crippen LogP contribution < -0.4 is 5.32 Å². The summed E-state index contributed by atoms with van der Waals surface area (Å²) >= 11 is 5.82. The van der Waals surface area contributed by atoms with Crippen molar-refractivity contribution in [2.75, 3.05) is 18.4 Å². The lowest BCUT2D eigenvalue weighted by Crippen LogP contribution is -2.48. The molecular weight excluding hydrogens is 378 g/mol. The third kappa shape index (κ3) is 2.93. The van der Waals surface area contributed by atoms with Gasteiger partial charge in [0.2, 0.25) is 11.9 Å². The van der Waals surface area contributed by atoms with Crippen LogP contribution >= 0.6 is 11.6 Å². The van der Waals surface area contributed by atoms with Crippen LogP contribution in [-0.4, -0.2) is 45.9 Å². The minimum atomic E-state index is -1.29. The van der Waals surface area contributed by atoms with E-state index >= 15 is 0 Å². The van der Waals surface area contributed by atoms with Crippen molar-refractivity contribution in [3.05, 3.63) is 52.1 Å². The van der Waals surface area contributed by atoms with E-state index in [-0.39, 0.29) is 41.6 Å². The average molecular weight is 393 g/mol. The van der Waals surface area contributed by atoms with Gasteiger partial charge in [0.1, 0.15) is 18.5 Å². The van der Waals surface area contributed by atoms with E-state index in [0.29, 0.717) is 0 Å². The van der Waals surface area contributed by atoms with Crippen LogP contribution in [0.5, 0.6) is 0 Å². The van der Waals surface area contributed by atoms with Gasteiger partial charge in [0.25, 0.3) is 5.91 Å². The van der Waals surface area contributed by atoms with Gasteiger partial charge in [0, 0.05) is 30.1 Å². The van der Waals surface area contributed by atoms with E-state index in [0.717, 1.165) is 5.56 Å². The van der Waals surface area contributed by atoms with Crippen LogP contribution in [0.2, 0.25) is 5.02 Å². The predicted octanol–water partition coefficient (Wildman–Crippen LogP) is 2.65. The molecule has 2 amide bonds. The molecule has 4 rings (SSSR count). The zero-order valence-electron chi connectivity index (χ0n) is 14.3. The maximum absolute atomic E-state index is 14.5. The molecule has 2 aromatic rings. The second kappa shape index (κ2) is 6.23. The number of rotatable bonds is 3. The van der Waals surface area contributed by atoms with Gasteiger partial charge in [0.05, 0.1) is 10.4 Å². The molecular formula is C18H15ClF2N4O2. The highest BCUT2D eigenvalue weighted by molar-refractivity contribution is 6.31. The lowest BCUT2D eigenvalue weighted by atomic mass is 9.85. The van der Waals surface area contributed by atoms with Crippen LogP contribution in [0, 0.1) is 12.7 Å². The Hall–Kier alpha value is -2.61. The van der Waals surface area contributed by atoms with Gasteiger partial charge in [-0.3, -0.25) is 14.9 Å². The van der Waals surface area contributed by atoms with Crippen LogP contribution in [0.3, 0.4) is 0 Å². The highest BCUT2D eigenvalue weighted by Crippen LogP contribution is 2.55. The predicted molar refractivity (Wildman–Crippen MR) is 93.9 cm³/mol. The number of aryl methyl sites for hydroxylation is 1. The zero-order chi connectivity index (χ0) is 19.3. The Kier molecular flexibility index (Phi) is 4.10. The maximum atomic E-state index is 14.5. The number of anilines is 1. The molecule has 27 heavy (non-hydrogen) atoms. The molecule has 1 fully saturated rings. The van der Waals surface area contributed by atoms with E-state index in [2.05, 4.69) is 15.3 Å². The quantitative estimate of drug-likeness (QED) is 0.871. The summed E-state index contributed by atoms with van der Waals surface area (Å²) in [5.41, 5.74) is -0.242. The summed E-state index contributed by atoms with van der Waals surface area (Å²) in [6, 6.07) is 2.64. The van der Waals surface area contributed by atoms with E-state index in [1.807, 2.05) is 6.92 Å². The third-order valence-electron chi connectivity index (χ3n) is 4.93. The fourth-order valence-electron chi connectivity index (χ4n) is 3.48. The number of nitrogens with one attached hydrogen (secondary N) is 1. The Morgan fingerprint density at radius 2 is 2.07 bits per heavy atom. The standard InChI is InChI=1S/C18H15ClF2N4O2/c1-9-5-22-17(23-6-9)24-13(26)7-25-8-18(4-12(18)20)14-10(16(25)27)2-3-11(19)15(14)21/h2-3,5-6,12H,4,7-8H2,1H3,(H,22,23,24,26)/t12-,18-/m0/s1. The Morgan fingerprint density at radius 3 is 2.70 bits per heavy atom. The van der Waals surface area contributed by atoms with Gasteiger partial charge in [-0.05, 0) is 31.0 Å². The maximum Gasteiger partial charge on any atom is 0.254 e. The fraction of sp³-hybridized carbons (Fsp3) is 0.333. The summed E-state index contributed by atoms with van der Waals surface area (Å²) in [6.07, 6.45) is 1.89. The second-order valence-electron chi connectivity index (χ2n) is 6.91. The van der Waals surface area contributed by atoms with E-state index in [1.54, 1.807) is 12.4 Å². The number of benzene rings is 1. The Morgan fingerprint density at radius 1 is 1.41 bits per heavy atom. The fourth-order valence-corrected chi connectivity index (χ4v) is 3.64. The van der Waals surface area contributed by atoms with Gasteiger partial charge in [-0.2, -0.15) is 0 Å². The van der Waals surface area contributed by atoms with Crippen molar-refractivity contribution in [1.29, 1.82) is 0 Å². The molecule has 0 radical (unpaired) electrons. The minimum absolute atomic E-state index is 0.0195. The number of hydrogen-bond donors (Lipinski definition) is 1. The van der Waals surface area contributed by atoms with Crippen molar-refractivity contribution in [3.8, 4) is 0 Å². The van der Waals surface area contributed by atoms with Crippen molar-refractivity contribution in [3.63, 3.8) is 0 Å². The normalized spacial score (nSPS) is 23.3. The van der Waals surface area contributed by atoms with Gasteiger partial charge in [-0.1, -0.05) is 11.6 Å². The molecule has 0 unspecified atom stereocenters. The van der Waals surface area contributed by atoms with Crippen molar-refractivity contribution < 1.29 is 18.4 Å². The van der Waals surface area contributed by atoms with Crippen molar-refractivity contribution in [2.24, 2.45) is 0 Å². The molecule has 140 valence electrons. The van der Waals surface area contributed by atoms with E-state index < -0.39 is 29.2 Å². The van der Waals surface area contributed by atoms with E-state index in [1.165, 1.54) is 17.0 Å². The Labute approximate surface area is 158 Å². The van der Waals surface area contributed by atoms with Crippen molar-refractivity contribution in [2.45, 2.75) is 24.9 Å². The highest BCUT2D eigenvalue weighted by atomic mass is 35.5. The number of alkyl halides is 1. The number of carbonyl (C=O) groups excluding carboxylic acids is 2. The lowest BCUT2D eigenvalue weighted by molar-refractivity contribution is -0.117. The molecule has 1 aromatic heterocycles. The second-order valence-corrected chi connectivity index (χ2v) is 7.31. The van der Waals surface area contributed by atoms with Gasteiger partial charge in [0.15, 0.2) is 0 Å². The molecule has 9 heteroatoms. The summed E-state index contributed by atoms with van der Waals surface area (Å²) < 4.78 is 28.7. The molecule has 0 bridgehead atoms. The summed E-state index contributed by atoms with van der Waals surface area (Å²) in [4.78, 5) is 34.2. The first-order valence-corrected chi connectivity index (χ1v) is 8.70. The molecule has 0 saturated heterocycles. The molecule has 6 nitrogen and oxygen atoms in total. The van der Waals surface area contributed by atoms with Crippen LogP contribution in [0.4, 0.5) is 14.7 Å². The Bertz CT molecular complexity index is 953.